The van der Waals surface area contributed by atoms with Crippen LogP contribution in [0.25, 0.3) is 11.2 Å². The number of phosphoric ester groups is 1. The van der Waals surface area contributed by atoms with E-state index >= 15 is 0 Å². The fraction of sp³-hybridized carbons (Fsp3) is 0.500. The minimum atomic E-state index is -5.82. The van der Waals surface area contributed by atoms with Crippen LogP contribution in [0.15, 0.2) is 11.1 Å². The molecule has 1 unspecified atom stereocenters. The second kappa shape index (κ2) is 7.27. The molecule has 3 heterocycles. The number of nitrogens with two attached hydrogens (primary N) is 1. The van der Waals surface area contributed by atoms with Crippen LogP contribution < -0.4 is 21.1 Å². The van der Waals surface area contributed by atoms with E-state index in [0.717, 1.165) is 10.9 Å². The van der Waals surface area contributed by atoms with Gasteiger partial charge in [-0.05, 0) is 0 Å². The van der Waals surface area contributed by atoms with E-state index < -0.39 is 52.4 Å². The van der Waals surface area contributed by atoms with E-state index in [1.54, 1.807) is 0 Å². The quantitative estimate of drug-likeness (QED) is 0.270. The lowest BCUT2D eigenvalue weighted by atomic mass is 10.1. The second-order valence-electron chi connectivity index (χ2n) is 5.61. The Morgan fingerprint density at radius 2 is 2.04 bits per heavy atom. The van der Waals surface area contributed by atoms with Gasteiger partial charge in [0.25, 0.3) is 5.56 Å². The van der Waals surface area contributed by atoms with E-state index in [1.807, 2.05) is 0 Å². The fourth-order valence-electron chi connectivity index (χ4n) is 2.54. The number of aromatic amines is 1. The fourth-order valence-corrected chi connectivity index (χ4v) is 4.08. The molecule has 0 amide bonds. The number of ether oxygens (including phenoxy) is 1. The first-order chi connectivity index (χ1) is 12.9. The zero-order chi connectivity index (χ0) is 20.9. The smallest absolute Gasteiger partial charge is 0.476 e. The first kappa shape index (κ1) is 21.0. The van der Waals surface area contributed by atoms with Gasteiger partial charge in [0.2, 0.25) is 5.95 Å². The van der Waals surface area contributed by atoms with Crippen molar-refractivity contribution >= 4 is 32.8 Å². The number of rotatable bonds is 6. The summed E-state index contributed by atoms with van der Waals surface area (Å²) in [4.78, 5) is 51.7. The molecule has 0 saturated carbocycles. The lowest BCUT2D eigenvalue weighted by Crippen LogP contribution is -2.33. The van der Waals surface area contributed by atoms with E-state index in [1.165, 1.54) is 0 Å². The van der Waals surface area contributed by atoms with Crippen molar-refractivity contribution in [3.05, 3.63) is 16.7 Å². The third-order valence-electron chi connectivity index (χ3n) is 3.67. The summed E-state index contributed by atoms with van der Waals surface area (Å²) in [5.41, 5.74) is 4.59. The summed E-state index contributed by atoms with van der Waals surface area (Å²) in [5.74, 6) is -0.245. The molecule has 2 aromatic heterocycles. The summed E-state index contributed by atoms with van der Waals surface area (Å²) in [6, 6.07) is 0. The van der Waals surface area contributed by atoms with Crippen LogP contribution in [0, 0.1) is 0 Å². The van der Waals surface area contributed by atoms with Crippen molar-refractivity contribution in [3.63, 3.8) is 0 Å². The molecule has 1 saturated heterocycles. The molecule has 1 aliphatic heterocycles. The van der Waals surface area contributed by atoms with Crippen molar-refractivity contribution in [2.45, 2.75) is 24.5 Å². The maximum Gasteiger partial charge on any atom is 0.476 e. The van der Waals surface area contributed by atoms with Crippen LogP contribution in [0.2, 0.25) is 0 Å². The van der Waals surface area contributed by atoms with Crippen molar-refractivity contribution in [1.82, 2.24) is 19.5 Å². The first-order valence-corrected chi connectivity index (χ1v) is 10.3. The minimum Gasteiger partial charge on any atom is -0.789 e. The normalized spacial score (nSPS) is 27.9. The minimum absolute atomic E-state index is 0.0751. The highest BCUT2D eigenvalue weighted by Crippen LogP contribution is 2.54. The van der Waals surface area contributed by atoms with E-state index in [9.17, 15) is 38.8 Å². The number of aliphatic hydroxyl groups is 2. The Labute approximate surface area is 154 Å². The largest absolute Gasteiger partial charge is 0.789 e. The van der Waals surface area contributed by atoms with Gasteiger partial charge in [0.15, 0.2) is 17.4 Å². The molecule has 3 rings (SSSR count). The molecule has 0 bridgehead atoms. The van der Waals surface area contributed by atoms with Gasteiger partial charge in [-0.15, -0.1) is 0 Å². The van der Waals surface area contributed by atoms with Crippen molar-refractivity contribution in [2.75, 3.05) is 12.3 Å². The number of aliphatic hydroxyl groups excluding tert-OH is 2. The summed E-state index contributed by atoms with van der Waals surface area (Å²) in [5, 5.41) is 20.2. The number of hydrogen-bond donors (Lipinski definition) is 5. The topological polar surface area (TPSA) is 258 Å². The number of nitrogens with zero attached hydrogens (tertiary/aromatic N) is 3. The van der Waals surface area contributed by atoms with Crippen LogP contribution in [0.3, 0.4) is 0 Å². The Hall–Kier alpha value is -1.71. The average Bonchev–Trinajstić information content (AvgIpc) is 3.06. The van der Waals surface area contributed by atoms with Gasteiger partial charge in [-0.25, -0.2) is 9.55 Å². The summed E-state index contributed by atoms with van der Waals surface area (Å²) in [7, 11) is -11.1. The zero-order valence-corrected chi connectivity index (χ0v) is 15.3. The molecule has 1 fully saturated rings. The number of hydrogen-bond acceptors (Lipinski definition) is 13. The highest BCUT2D eigenvalue weighted by Gasteiger charge is 2.45. The monoisotopic (exact) mass is 441 g/mol. The van der Waals surface area contributed by atoms with Crippen molar-refractivity contribution in [2.24, 2.45) is 0 Å². The van der Waals surface area contributed by atoms with Gasteiger partial charge in [0.05, 0.1) is 20.8 Å². The Bertz CT molecular complexity index is 1030. The number of aromatic nitrogens is 4. The lowest BCUT2D eigenvalue weighted by Gasteiger charge is -2.30. The molecule has 28 heavy (non-hydrogen) atoms. The first-order valence-electron chi connectivity index (χ1n) is 7.32. The van der Waals surface area contributed by atoms with Crippen molar-refractivity contribution in [1.29, 1.82) is 0 Å². The second-order valence-corrected chi connectivity index (χ2v) is 8.36. The highest BCUT2D eigenvalue weighted by atomic mass is 31.3. The van der Waals surface area contributed by atoms with Gasteiger partial charge in [-0.2, -0.15) is 4.98 Å². The molecule has 0 radical (unpaired) electrons. The van der Waals surface area contributed by atoms with Gasteiger partial charge in [0, 0.05) is 0 Å². The number of H-pyrrole nitrogens is 1. The SMILES string of the molecule is Nc1nc2c(ncn2[C@@H]2O[C@H](COP(=O)(O)OP(=O)([O-])[O-])[C@@H](O)[C@H]2O)c(=O)[nH]1. The summed E-state index contributed by atoms with van der Waals surface area (Å²) in [6.45, 7) is -0.925. The number of fused-ring (bicyclic) bond motifs is 1. The van der Waals surface area contributed by atoms with Crippen molar-refractivity contribution < 1.29 is 47.6 Å². The molecule has 18 heteroatoms. The predicted octanol–water partition coefficient (Wildman–Crippen LogP) is -3.72. The van der Waals surface area contributed by atoms with Gasteiger partial charge < -0.3 is 39.9 Å². The average molecular weight is 441 g/mol. The van der Waals surface area contributed by atoms with E-state index in [4.69, 9.17) is 10.5 Å². The Balaban J connectivity index is 1.79. The van der Waals surface area contributed by atoms with E-state index in [-0.39, 0.29) is 17.1 Å². The molecule has 16 nitrogen and oxygen atoms in total. The number of nitrogens with one attached hydrogen (secondary N) is 1. The van der Waals surface area contributed by atoms with Crippen molar-refractivity contribution in [3.8, 4) is 0 Å². The van der Waals surface area contributed by atoms with Crippen LogP contribution >= 0.6 is 15.6 Å². The van der Waals surface area contributed by atoms with Gasteiger partial charge >= 0.3 is 7.82 Å². The number of nitrogen functional groups attached to an aromatic ring is 1. The maximum atomic E-state index is 11.8. The summed E-state index contributed by atoms with van der Waals surface area (Å²) >= 11 is 0. The van der Waals surface area contributed by atoms with Crippen LogP contribution in [0.4, 0.5) is 5.95 Å². The molecule has 5 atom stereocenters. The van der Waals surface area contributed by atoms with E-state index in [2.05, 4.69) is 23.8 Å². The molecular formula is C10H13N5O11P2-2. The third-order valence-corrected chi connectivity index (χ3v) is 5.77. The lowest BCUT2D eigenvalue weighted by molar-refractivity contribution is -0.334. The Morgan fingerprint density at radius 1 is 1.36 bits per heavy atom. The molecule has 1 aliphatic rings. The molecule has 6 N–H and O–H groups in total. The van der Waals surface area contributed by atoms with Gasteiger partial charge in [0.1, 0.15) is 18.3 Å². The van der Waals surface area contributed by atoms with Crippen LogP contribution in [-0.2, 0) is 22.7 Å². The number of phosphoric acid groups is 2. The molecule has 0 aromatic carbocycles. The number of imidazole rings is 1. The van der Waals surface area contributed by atoms with Gasteiger partial charge in [-0.3, -0.25) is 23.2 Å². The molecule has 2 aromatic rings. The van der Waals surface area contributed by atoms with Gasteiger partial charge in [-0.1, -0.05) is 0 Å². The zero-order valence-electron chi connectivity index (χ0n) is 13.5. The summed E-state index contributed by atoms with van der Waals surface area (Å²) < 4.78 is 35.9. The highest BCUT2D eigenvalue weighted by molar-refractivity contribution is 7.59. The van der Waals surface area contributed by atoms with Crippen LogP contribution in [-0.4, -0.2) is 59.5 Å². The Morgan fingerprint density at radius 3 is 2.68 bits per heavy atom. The maximum absolute atomic E-state index is 11.8. The Kier molecular flexibility index (Phi) is 5.46. The molecule has 0 aliphatic carbocycles. The van der Waals surface area contributed by atoms with E-state index in [0.29, 0.717) is 0 Å². The number of anilines is 1. The summed E-state index contributed by atoms with van der Waals surface area (Å²) in [6.07, 6.45) is -5.02. The standard InChI is InChI=1S/C10H15N5O11P2/c11-10-13-7-4(8(18)14-10)12-2-15(7)9-6(17)5(16)3(25-9)1-24-28(22,23)26-27(19,20)21/h2-3,5-6,9,16-17H,1H2,(H,22,23)(H2,19,20,21)(H3,11,13,14,18)/p-2/t3-,5-,6-,9-/m1/s1. The van der Waals surface area contributed by atoms with Crippen LogP contribution in [0.1, 0.15) is 6.23 Å². The molecule has 156 valence electrons. The predicted molar refractivity (Wildman–Crippen MR) is 83.0 cm³/mol. The van der Waals surface area contributed by atoms with Crippen LogP contribution in [0.5, 0.6) is 0 Å². The molecular weight excluding hydrogens is 428 g/mol. The molecule has 0 spiro atoms. The third kappa shape index (κ3) is 4.31.